The molecule has 0 aliphatic carbocycles. The van der Waals surface area contributed by atoms with Crippen molar-refractivity contribution in [3.05, 3.63) is 0 Å². The Bertz CT molecular complexity index is 1920. The van der Waals surface area contributed by atoms with Crippen LogP contribution in [-0.4, -0.2) is 96.7 Å². The van der Waals surface area contributed by atoms with Gasteiger partial charge in [0.05, 0.1) is 26.4 Å². The zero-order valence-corrected chi connectivity index (χ0v) is 67.3. The van der Waals surface area contributed by atoms with Gasteiger partial charge in [-0.3, -0.25) is 37.3 Å². The molecule has 19 heteroatoms. The first kappa shape index (κ1) is 98.1. The van der Waals surface area contributed by atoms with Gasteiger partial charge in [0.15, 0.2) is 12.2 Å². The van der Waals surface area contributed by atoms with Gasteiger partial charge < -0.3 is 33.8 Å². The van der Waals surface area contributed by atoms with Gasteiger partial charge in [-0.15, -0.1) is 0 Å². The number of aliphatic hydroxyl groups is 1. The van der Waals surface area contributed by atoms with E-state index in [4.69, 9.17) is 37.0 Å². The van der Waals surface area contributed by atoms with Gasteiger partial charge in [-0.25, -0.2) is 9.13 Å². The zero-order chi connectivity index (χ0) is 73.5. The number of carbonyl (C=O) groups excluding carboxylic acids is 4. The first-order valence-corrected chi connectivity index (χ1v) is 45.0. The second kappa shape index (κ2) is 72.6. The first-order valence-electron chi connectivity index (χ1n) is 42.0. The molecule has 3 N–H and O–H groups in total. The van der Waals surface area contributed by atoms with E-state index < -0.39 is 97.5 Å². The van der Waals surface area contributed by atoms with Gasteiger partial charge in [0.2, 0.25) is 0 Å². The van der Waals surface area contributed by atoms with Crippen LogP contribution in [0.1, 0.15) is 427 Å². The Kier molecular flexibility index (Phi) is 71.2. The first-order chi connectivity index (χ1) is 48.4. The number of phosphoric acid groups is 2. The minimum absolute atomic E-state index is 0.106. The summed E-state index contributed by atoms with van der Waals surface area (Å²) < 4.78 is 68.7. The maximum absolute atomic E-state index is 13.1. The molecule has 0 aliphatic heterocycles. The lowest BCUT2D eigenvalue weighted by Crippen LogP contribution is -2.30. The highest BCUT2D eigenvalue weighted by Crippen LogP contribution is 2.45. The molecule has 0 aromatic heterocycles. The monoisotopic (exact) mass is 1470 g/mol. The molecule has 0 aromatic carbocycles. The molecule has 0 saturated heterocycles. The molecule has 0 amide bonds. The summed E-state index contributed by atoms with van der Waals surface area (Å²) in [5.74, 6) is -0.565. The van der Waals surface area contributed by atoms with Gasteiger partial charge in [0.1, 0.15) is 19.3 Å². The van der Waals surface area contributed by atoms with Crippen LogP contribution in [0.15, 0.2) is 0 Å². The summed E-state index contributed by atoms with van der Waals surface area (Å²) in [4.78, 5) is 73.0. The van der Waals surface area contributed by atoms with Crippen molar-refractivity contribution < 1.29 is 80.2 Å². The number of hydrogen-bond donors (Lipinski definition) is 3. The van der Waals surface area contributed by atoms with Gasteiger partial charge in [-0.2, -0.15) is 0 Å². The minimum Gasteiger partial charge on any atom is -0.462 e. The van der Waals surface area contributed by atoms with Gasteiger partial charge >= 0.3 is 39.5 Å². The van der Waals surface area contributed by atoms with Gasteiger partial charge in [0.25, 0.3) is 0 Å². The van der Waals surface area contributed by atoms with E-state index in [1.54, 1.807) is 0 Å². The molecule has 0 radical (unpaired) electrons. The summed E-state index contributed by atoms with van der Waals surface area (Å²) in [6.45, 7) is 9.64. The summed E-state index contributed by atoms with van der Waals surface area (Å²) in [7, 11) is -9.92. The van der Waals surface area contributed by atoms with Crippen LogP contribution in [-0.2, 0) is 65.4 Å². The minimum atomic E-state index is -4.96. The van der Waals surface area contributed by atoms with Crippen molar-refractivity contribution in [1.29, 1.82) is 0 Å². The molecule has 0 heterocycles. The molecule has 0 bridgehead atoms. The highest BCUT2D eigenvalue weighted by atomic mass is 31.2. The quantitative estimate of drug-likeness (QED) is 0.0222. The Balaban J connectivity index is 5.24. The lowest BCUT2D eigenvalue weighted by molar-refractivity contribution is -0.161. The standard InChI is InChI=1S/C81H158O17P2/c1-7-9-11-13-15-17-19-20-21-22-23-24-25-26-29-34-41-47-53-59-65-80(85)97-76(70-92-79(84)64-58-52-46-40-33-30-27-28-32-37-43-49-55-61-73(3)4)71-95-99(87,88)93-67-75(82)68-94-100(89,90)96-72-77(69-91-78(83)63-57-51-45-39-31-18-16-14-12-10-8-2)98-81(86)66-60-54-48-42-36-35-38-44-50-56-62-74(5)6/h73-77,82H,7-72H2,1-6H3,(H,87,88)(H,89,90)/t75-,76-,77-/m1/s1. The molecule has 17 nitrogen and oxygen atoms in total. The van der Waals surface area contributed by atoms with Crippen LogP contribution in [0.5, 0.6) is 0 Å². The number of aliphatic hydroxyl groups excluding tert-OH is 1. The summed E-state index contributed by atoms with van der Waals surface area (Å²) >= 11 is 0. The second-order valence-corrected chi connectivity index (χ2v) is 33.0. The zero-order valence-electron chi connectivity index (χ0n) is 65.5. The highest BCUT2D eigenvalue weighted by molar-refractivity contribution is 7.47. The van der Waals surface area contributed by atoms with Crippen LogP contribution in [0.4, 0.5) is 0 Å². The Morgan fingerprint density at radius 1 is 0.270 bits per heavy atom. The van der Waals surface area contributed by atoms with Gasteiger partial charge in [0, 0.05) is 25.7 Å². The van der Waals surface area contributed by atoms with E-state index in [2.05, 4.69) is 41.5 Å². The van der Waals surface area contributed by atoms with Gasteiger partial charge in [-0.05, 0) is 37.5 Å². The Morgan fingerprint density at radius 3 is 0.680 bits per heavy atom. The normalized spacial score (nSPS) is 13.9. The fourth-order valence-electron chi connectivity index (χ4n) is 12.5. The molecule has 0 rings (SSSR count). The number of phosphoric ester groups is 2. The predicted molar refractivity (Wildman–Crippen MR) is 409 cm³/mol. The summed E-state index contributed by atoms with van der Waals surface area (Å²) in [6, 6.07) is 0. The highest BCUT2D eigenvalue weighted by Gasteiger charge is 2.30. The number of unbranched alkanes of at least 4 members (excludes halogenated alkanes) is 50. The van der Waals surface area contributed by atoms with Crippen molar-refractivity contribution in [3.63, 3.8) is 0 Å². The third kappa shape index (κ3) is 74.3. The molecule has 2 unspecified atom stereocenters. The number of carbonyl (C=O) groups is 4. The van der Waals surface area contributed by atoms with Crippen molar-refractivity contribution >= 4 is 39.5 Å². The lowest BCUT2D eigenvalue weighted by atomic mass is 10.0. The molecule has 5 atom stereocenters. The fraction of sp³-hybridized carbons (Fsp3) is 0.951. The topological polar surface area (TPSA) is 237 Å². The third-order valence-corrected chi connectivity index (χ3v) is 20.9. The fourth-order valence-corrected chi connectivity index (χ4v) is 14.1. The molecule has 0 saturated carbocycles. The summed E-state index contributed by atoms with van der Waals surface area (Å²) in [5.41, 5.74) is 0. The Hall–Kier alpha value is -1.94. The summed E-state index contributed by atoms with van der Waals surface area (Å²) in [5, 5.41) is 10.6. The molecule has 0 fully saturated rings. The Morgan fingerprint density at radius 2 is 0.460 bits per heavy atom. The molecule has 0 spiro atoms. The average molecular weight is 1470 g/mol. The largest absolute Gasteiger partial charge is 0.472 e. The number of hydrogen-bond acceptors (Lipinski definition) is 15. The van der Waals surface area contributed by atoms with Crippen molar-refractivity contribution in [2.75, 3.05) is 39.6 Å². The van der Waals surface area contributed by atoms with Crippen LogP contribution in [0.3, 0.4) is 0 Å². The molecule has 100 heavy (non-hydrogen) atoms. The lowest BCUT2D eigenvalue weighted by Gasteiger charge is -2.21. The number of ether oxygens (including phenoxy) is 4. The number of rotatable bonds is 80. The molecular weight excluding hydrogens is 1310 g/mol. The van der Waals surface area contributed by atoms with Crippen LogP contribution in [0.2, 0.25) is 0 Å². The van der Waals surface area contributed by atoms with E-state index in [0.717, 1.165) is 102 Å². The van der Waals surface area contributed by atoms with Gasteiger partial charge in [-0.1, -0.05) is 375 Å². The second-order valence-electron chi connectivity index (χ2n) is 30.1. The van der Waals surface area contributed by atoms with E-state index in [1.165, 1.54) is 244 Å². The van der Waals surface area contributed by atoms with Crippen molar-refractivity contribution in [2.24, 2.45) is 11.8 Å². The third-order valence-electron chi connectivity index (χ3n) is 19.0. The number of esters is 4. The predicted octanol–water partition coefficient (Wildman–Crippen LogP) is 24.3. The van der Waals surface area contributed by atoms with E-state index >= 15 is 0 Å². The maximum atomic E-state index is 13.1. The van der Waals surface area contributed by atoms with E-state index in [0.29, 0.717) is 25.7 Å². The van der Waals surface area contributed by atoms with E-state index in [-0.39, 0.29) is 25.7 Å². The molecule has 0 aliphatic rings. The smallest absolute Gasteiger partial charge is 0.462 e. The van der Waals surface area contributed by atoms with E-state index in [1.807, 2.05) is 0 Å². The maximum Gasteiger partial charge on any atom is 0.472 e. The van der Waals surface area contributed by atoms with Crippen LogP contribution in [0, 0.1) is 11.8 Å². The molecule has 0 aromatic rings. The Labute approximate surface area is 613 Å². The van der Waals surface area contributed by atoms with Crippen LogP contribution >= 0.6 is 15.6 Å². The summed E-state index contributed by atoms with van der Waals surface area (Å²) in [6.07, 6.45) is 62.4. The van der Waals surface area contributed by atoms with Crippen molar-refractivity contribution in [3.8, 4) is 0 Å². The molecular formula is C81H158O17P2. The van der Waals surface area contributed by atoms with Crippen LogP contribution < -0.4 is 0 Å². The van der Waals surface area contributed by atoms with E-state index in [9.17, 15) is 43.2 Å². The van der Waals surface area contributed by atoms with Crippen molar-refractivity contribution in [2.45, 2.75) is 445 Å². The van der Waals surface area contributed by atoms with Crippen molar-refractivity contribution in [1.82, 2.24) is 0 Å². The average Bonchev–Trinajstić information content (AvgIpc) is 0.922. The molecule has 594 valence electrons. The van der Waals surface area contributed by atoms with Crippen LogP contribution in [0.25, 0.3) is 0 Å². The SMILES string of the molecule is CCCCCCCCCCCCCCCCCCCCCCC(=O)O[C@H](COC(=O)CCCCCCCCCCCCCCCC(C)C)COP(=O)(O)OC[C@@H](O)COP(=O)(O)OC[C@@H](COC(=O)CCCCCCCCCCCCC)OC(=O)CCCCCCCCCCCCC(C)C.